The second-order valence-corrected chi connectivity index (χ2v) is 17.9. The Morgan fingerprint density at radius 2 is 0.849 bits per heavy atom. The molecule has 0 aromatic carbocycles. The van der Waals surface area contributed by atoms with Crippen LogP contribution in [0.15, 0.2) is 0 Å². The smallest absolute Gasteiger partial charge is 0.462 e. The molecule has 0 amide bonds. The van der Waals surface area contributed by atoms with Gasteiger partial charge in [0.15, 0.2) is 6.10 Å². The molecule has 0 saturated heterocycles. The van der Waals surface area contributed by atoms with Crippen LogP contribution in [0.25, 0.3) is 0 Å². The number of quaternary nitrogens is 1. The summed E-state index contributed by atoms with van der Waals surface area (Å²) in [4.78, 5) is 35.2. The monoisotopic (exact) mass is 777 g/mol. The molecule has 0 aliphatic heterocycles. The number of phosphoric ester groups is 1. The van der Waals surface area contributed by atoms with Gasteiger partial charge >= 0.3 is 19.8 Å². The molecule has 0 heterocycles. The van der Waals surface area contributed by atoms with Crippen molar-refractivity contribution in [3.8, 4) is 0 Å². The van der Waals surface area contributed by atoms with Gasteiger partial charge in [-0.2, -0.15) is 0 Å². The maximum Gasteiger partial charge on any atom is 0.472 e. The van der Waals surface area contributed by atoms with E-state index in [0.29, 0.717) is 23.9 Å². The lowest BCUT2D eigenvalue weighted by Crippen LogP contribution is -2.37. The summed E-state index contributed by atoms with van der Waals surface area (Å²) >= 11 is 0. The van der Waals surface area contributed by atoms with E-state index in [1.165, 1.54) is 148 Å². The van der Waals surface area contributed by atoms with Crippen molar-refractivity contribution in [3.05, 3.63) is 0 Å². The van der Waals surface area contributed by atoms with E-state index in [0.717, 1.165) is 32.1 Å². The molecular weight excluding hydrogens is 689 g/mol. The first-order chi connectivity index (χ1) is 25.5. The molecule has 2 unspecified atom stereocenters. The van der Waals surface area contributed by atoms with Crippen molar-refractivity contribution in [1.29, 1.82) is 0 Å². The summed E-state index contributed by atoms with van der Waals surface area (Å²) in [6, 6.07) is 0. The Morgan fingerprint density at radius 3 is 1.21 bits per heavy atom. The summed E-state index contributed by atoms with van der Waals surface area (Å²) in [7, 11) is 1.49. The Bertz CT molecular complexity index is 881. The van der Waals surface area contributed by atoms with Crippen LogP contribution in [0.3, 0.4) is 0 Å². The molecule has 0 fully saturated rings. The molecule has 0 aliphatic rings. The van der Waals surface area contributed by atoms with E-state index in [1.807, 2.05) is 21.1 Å². The van der Waals surface area contributed by atoms with E-state index in [1.54, 1.807) is 0 Å². The van der Waals surface area contributed by atoms with Crippen molar-refractivity contribution in [2.45, 2.75) is 219 Å². The van der Waals surface area contributed by atoms with Crippen LogP contribution in [0, 0.1) is 0 Å². The van der Waals surface area contributed by atoms with Crippen molar-refractivity contribution in [2.75, 3.05) is 47.5 Å². The van der Waals surface area contributed by atoms with Gasteiger partial charge in [-0.1, -0.05) is 187 Å². The molecule has 0 aromatic heterocycles. The van der Waals surface area contributed by atoms with E-state index in [4.69, 9.17) is 18.5 Å². The van der Waals surface area contributed by atoms with Gasteiger partial charge in [0, 0.05) is 12.8 Å². The van der Waals surface area contributed by atoms with Crippen LogP contribution in [0.4, 0.5) is 0 Å². The number of hydrogen-bond acceptors (Lipinski definition) is 7. The summed E-state index contributed by atoms with van der Waals surface area (Å²) in [6.07, 6.45) is 35.9. The number of rotatable bonds is 41. The maximum atomic E-state index is 12.6. The van der Waals surface area contributed by atoms with Crippen LogP contribution in [-0.2, 0) is 32.7 Å². The predicted octanol–water partition coefficient (Wildman–Crippen LogP) is 12.4. The van der Waals surface area contributed by atoms with Gasteiger partial charge in [0.25, 0.3) is 0 Å². The Balaban J connectivity index is 4.17. The zero-order valence-corrected chi connectivity index (χ0v) is 36.4. The van der Waals surface area contributed by atoms with Crippen molar-refractivity contribution >= 4 is 19.8 Å². The SMILES string of the molecule is CCCCCCCCCCCCCCCCCCCCCCC(=O)OCC(COP(=O)(O)OCC[N+](C)(C)C)OC(=O)CCCCCCCCCCC. The minimum atomic E-state index is -4.36. The highest BCUT2D eigenvalue weighted by atomic mass is 31.2. The second-order valence-electron chi connectivity index (χ2n) is 16.5. The van der Waals surface area contributed by atoms with Crippen LogP contribution < -0.4 is 0 Å². The number of nitrogens with zero attached hydrogens (tertiary/aromatic N) is 1. The first kappa shape index (κ1) is 52.0. The number of likely N-dealkylation sites (N-methyl/N-ethyl adjacent to an activating group) is 1. The second kappa shape index (κ2) is 36.6. The first-order valence-corrected chi connectivity index (χ1v) is 23.8. The number of esters is 2. The molecule has 0 spiro atoms. The van der Waals surface area contributed by atoms with Gasteiger partial charge in [0.2, 0.25) is 0 Å². The van der Waals surface area contributed by atoms with E-state index < -0.39 is 26.5 Å². The molecular formula is C43H87NO8P+. The lowest BCUT2D eigenvalue weighted by molar-refractivity contribution is -0.870. The third kappa shape index (κ3) is 40.5. The molecule has 0 rings (SSSR count). The minimum absolute atomic E-state index is 0.0365. The van der Waals surface area contributed by atoms with Crippen molar-refractivity contribution in [2.24, 2.45) is 0 Å². The lowest BCUT2D eigenvalue weighted by Gasteiger charge is -2.24. The van der Waals surface area contributed by atoms with Gasteiger partial charge in [-0.25, -0.2) is 4.57 Å². The molecule has 53 heavy (non-hydrogen) atoms. The average Bonchev–Trinajstić information content (AvgIpc) is 3.10. The summed E-state index contributed by atoms with van der Waals surface area (Å²) < 4.78 is 34.2. The molecule has 0 aliphatic carbocycles. The Hall–Kier alpha value is -0.990. The summed E-state index contributed by atoms with van der Waals surface area (Å²) in [5.74, 6) is -0.788. The maximum absolute atomic E-state index is 12.6. The van der Waals surface area contributed by atoms with E-state index in [2.05, 4.69) is 13.8 Å². The summed E-state index contributed by atoms with van der Waals surface area (Å²) in [5, 5.41) is 0. The zero-order chi connectivity index (χ0) is 39.3. The van der Waals surface area contributed by atoms with Gasteiger partial charge < -0.3 is 18.9 Å². The number of phosphoric acid groups is 1. The molecule has 2 atom stereocenters. The van der Waals surface area contributed by atoms with E-state index in [-0.39, 0.29) is 25.6 Å². The number of carbonyl (C=O) groups is 2. The number of unbranched alkanes of at least 4 members (excludes halogenated alkanes) is 27. The molecule has 0 aromatic rings. The van der Waals surface area contributed by atoms with Gasteiger partial charge in [-0.15, -0.1) is 0 Å². The molecule has 316 valence electrons. The molecule has 0 bridgehead atoms. The normalized spacial score (nSPS) is 13.5. The highest BCUT2D eigenvalue weighted by molar-refractivity contribution is 7.47. The van der Waals surface area contributed by atoms with Crippen molar-refractivity contribution in [1.82, 2.24) is 0 Å². The Morgan fingerprint density at radius 1 is 0.509 bits per heavy atom. The third-order valence-electron chi connectivity index (χ3n) is 9.89. The average molecular weight is 777 g/mol. The lowest BCUT2D eigenvalue weighted by atomic mass is 10.0. The highest BCUT2D eigenvalue weighted by Gasteiger charge is 2.27. The fourth-order valence-corrected chi connectivity index (χ4v) is 7.11. The van der Waals surface area contributed by atoms with Crippen LogP contribution in [0.1, 0.15) is 213 Å². The van der Waals surface area contributed by atoms with Gasteiger partial charge in [-0.3, -0.25) is 18.6 Å². The Kier molecular flexibility index (Phi) is 36.0. The first-order valence-electron chi connectivity index (χ1n) is 22.3. The van der Waals surface area contributed by atoms with Crippen LogP contribution in [0.5, 0.6) is 0 Å². The molecule has 9 nitrogen and oxygen atoms in total. The minimum Gasteiger partial charge on any atom is -0.462 e. The van der Waals surface area contributed by atoms with Gasteiger partial charge in [0.05, 0.1) is 27.7 Å². The molecule has 0 saturated carbocycles. The fraction of sp³-hybridized carbons (Fsp3) is 0.953. The van der Waals surface area contributed by atoms with Gasteiger partial charge in [-0.05, 0) is 12.8 Å². The largest absolute Gasteiger partial charge is 0.472 e. The van der Waals surface area contributed by atoms with E-state index in [9.17, 15) is 19.0 Å². The van der Waals surface area contributed by atoms with Crippen molar-refractivity contribution < 1.29 is 42.1 Å². The molecule has 10 heteroatoms. The summed E-state index contributed by atoms with van der Waals surface area (Å²) in [6.45, 7) is 4.43. The van der Waals surface area contributed by atoms with Crippen LogP contribution in [-0.4, -0.2) is 74.9 Å². The van der Waals surface area contributed by atoms with Crippen LogP contribution >= 0.6 is 7.82 Å². The fourth-order valence-electron chi connectivity index (χ4n) is 6.37. The molecule has 0 radical (unpaired) electrons. The topological polar surface area (TPSA) is 108 Å². The predicted molar refractivity (Wildman–Crippen MR) is 220 cm³/mol. The number of ether oxygens (including phenoxy) is 2. The quantitative estimate of drug-likeness (QED) is 0.0283. The Labute approximate surface area is 327 Å². The standard InChI is InChI=1S/C43H86NO8P/c1-6-8-10-12-14-16-17-18-19-20-21-22-23-24-25-26-28-29-31-33-35-42(45)49-39-41(40-51-53(47,48)50-38-37-44(3,4)5)52-43(46)36-34-32-30-27-15-13-11-9-7-2/h41H,6-40H2,1-5H3/p+1. The molecule has 1 N–H and O–H groups in total. The van der Waals surface area contributed by atoms with Crippen molar-refractivity contribution in [3.63, 3.8) is 0 Å². The van der Waals surface area contributed by atoms with E-state index >= 15 is 0 Å². The highest BCUT2D eigenvalue weighted by Crippen LogP contribution is 2.43. The van der Waals surface area contributed by atoms with Gasteiger partial charge in [0.1, 0.15) is 19.8 Å². The third-order valence-corrected chi connectivity index (χ3v) is 10.9. The van der Waals surface area contributed by atoms with Crippen LogP contribution in [0.2, 0.25) is 0 Å². The number of carbonyl (C=O) groups excluding carboxylic acids is 2. The zero-order valence-electron chi connectivity index (χ0n) is 35.5. The number of hydrogen-bond donors (Lipinski definition) is 1. The summed E-state index contributed by atoms with van der Waals surface area (Å²) in [5.41, 5.74) is 0.